The van der Waals surface area contributed by atoms with Crippen LogP contribution in [-0.2, 0) is 4.89 Å². The first-order valence-corrected chi connectivity index (χ1v) is 6.12. The van der Waals surface area contributed by atoms with Crippen molar-refractivity contribution >= 4 is 17.6 Å². The summed E-state index contributed by atoms with van der Waals surface area (Å²) < 4.78 is 0. The Bertz CT molecular complexity index is 429. The van der Waals surface area contributed by atoms with Gasteiger partial charge < -0.3 is 9.99 Å². The Morgan fingerprint density at radius 1 is 1.44 bits per heavy atom. The Morgan fingerprint density at radius 2 is 2.11 bits per heavy atom. The van der Waals surface area contributed by atoms with Crippen molar-refractivity contribution in [3.05, 3.63) is 28.8 Å². The van der Waals surface area contributed by atoms with Gasteiger partial charge in [-0.25, -0.2) is 4.79 Å². The lowest BCUT2D eigenvalue weighted by Gasteiger charge is -2.23. The van der Waals surface area contributed by atoms with E-state index in [0.717, 1.165) is 12.8 Å². The normalized spacial score (nSPS) is 11.3. The van der Waals surface area contributed by atoms with Gasteiger partial charge in [0.1, 0.15) is 11.2 Å². The third-order valence-electron chi connectivity index (χ3n) is 2.38. The average Bonchev–Trinajstić information content (AvgIpc) is 2.26. The third-order valence-corrected chi connectivity index (χ3v) is 2.62. The van der Waals surface area contributed by atoms with Crippen molar-refractivity contribution < 1.29 is 19.7 Å². The maximum atomic E-state index is 11.0. The van der Waals surface area contributed by atoms with E-state index in [1.807, 2.05) is 20.8 Å². The smallest absolute Gasteiger partial charge is 0.339 e. The summed E-state index contributed by atoms with van der Waals surface area (Å²) in [5, 5.41) is 9.41. The summed E-state index contributed by atoms with van der Waals surface area (Å²) in [6, 6.07) is 4.30. The van der Waals surface area contributed by atoms with Crippen molar-refractivity contribution in [3.8, 4) is 5.75 Å². The van der Waals surface area contributed by atoms with Gasteiger partial charge in [-0.1, -0.05) is 24.9 Å². The third kappa shape index (κ3) is 4.20. The number of rotatable bonds is 6. The van der Waals surface area contributed by atoms with Crippen LogP contribution in [0.15, 0.2) is 18.2 Å². The topological polar surface area (TPSA) is 55.8 Å². The highest BCUT2D eigenvalue weighted by atomic mass is 35.5. The Morgan fingerprint density at radius 3 is 2.67 bits per heavy atom. The highest BCUT2D eigenvalue weighted by Crippen LogP contribution is 2.26. The van der Waals surface area contributed by atoms with E-state index in [0.29, 0.717) is 5.02 Å². The van der Waals surface area contributed by atoms with Gasteiger partial charge in [0.2, 0.25) is 0 Å². The molecule has 5 heteroatoms. The predicted octanol–water partition coefficient (Wildman–Crippen LogP) is 3.93. The molecule has 18 heavy (non-hydrogen) atoms. The number of aromatic carboxylic acids is 1. The van der Waals surface area contributed by atoms with Crippen LogP contribution in [0.5, 0.6) is 5.75 Å². The van der Waals surface area contributed by atoms with Crippen LogP contribution in [0.25, 0.3) is 0 Å². The van der Waals surface area contributed by atoms with Gasteiger partial charge in [0.05, 0.1) is 0 Å². The summed E-state index contributed by atoms with van der Waals surface area (Å²) in [6.07, 6.45) is 1.74. The van der Waals surface area contributed by atoms with Crippen molar-refractivity contribution in [3.63, 3.8) is 0 Å². The van der Waals surface area contributed by atoms with Crippen molar-refractivity contribution in [2.75, 3.05) is 0 Å². The number of carboxylic acids is 1. The number of carboxylic acid groups (broad SMARTS) is 1. The molecule has 1 aromatic carbocycles. The first-order valence-electron chi connectivity index (χ1n) is 5.74. The summed E-state index contributed by atoms with van der Waals surface area (Å²) >= 11 is 5.80. The number of carbonyl (C=O) groups is 1. The minimum Gasteiger partial charge on any atom is -0.478 e. The molecule has 0 aliphatic rings. The molecule has 1 rings (SSSR count). The zero-order valence-electron chi connectivity index (χ0n) is 10.7. The highest BCUT2D eigenvalue weighted by Gasteiger charge is 2.21. The molecule has 4 nitrogen and oxygen atoms in total. The maximum Gasteiger partial charge on any atom is 0.339 e. The van der Waals surface area contributed by atoms with E-state index < -0.39 is 11.6 Å². The van der Waals surface area contributed by atoms with E-state index >= 15 is 0 Å². The van der Waals surface area contributed by atoms with Crippen LogP contribution in [0, 0.1) is 0 Å². The molecule has 1 aromatic rings. The SMILES string of the molecule is CCCC(C)(C)OOc1cc(Cl)ccc1C(=O)O. The first-order chi connectivity index (χ1) is 8.35. The van der Waals surface area contributed by atoms with E-state index in [1.165, 1.54) is 18.2 Å². The van der Waals surface area contributed by atoms with Gasteiger partial charge in [0.15, 0.2) is 5.75 Å². The van der Waals surface area contributed by atoms with E-state index in [2.05, 4.69) is 0 Å². The minimum absolute atomic E-state index is 0.0201. The first kappa shape index (κ1) is 14.8. The molecule has 0 radical (unpaired) electrons. The molecule has 0 bridgehead atoms. The summed E-state index contributed by atoms with van der Waals surface area (Å²) in [7, 11) is 0. The fourth-order valence-electron chi connectivity index (χ4n) is 1.54. The molecule has 0 spiro atoms. The van der Waals surface area contributed by atoms with E-state index in [9.17, 15) is 4.79 Å². The van der Waals surface area contributed by atoms with Crippen LogP contribution in [0.1, 0.15) is 44.0 Å². The Hall–Kier alpha value is -1.26. The molecule has 1 N–H and O–H groups in total. The highest BCUT2D eigenvalue weighted by molar-refractivity contribution is 6.30. The van der Waals surface area contributed by atoms with Gasteiger partial charge in [-0.2, -0.15) is 4.89 Å². The number of halogens is 1. The van der Waals surface area contributed by atoms with E-state index in [4.69, 9.17) is 26.5 Å². The molecule has 100 valence electrons. The van der Waals surface area contributed by atoms with Crippen LogP contribution in [0.2, 0.25) is 5.02 Å². The number of hydrogen-bond donors (Lipinski definition) is 1. The Kier molecular flexibility index (Phi) is 4.99. The molecule has 0 saturated heterocycles. The maximum absolute atomic E-state index is 11.0. The lowest BCUT2D eigenvalue weighted by molar-refractivity contribution is -0.282. The van der Waals surface area contributed by atoms with Crippen molar-refractivity contribution in [2.24, 2.45) is 0 Å². The quantitative estimate of drug-likeness (QED) is 0.630. The summed E-state index contributed by atoms with van der Waals surface area (Å²) in [4.78, 5) is 21.4. The molecule has 0 aliphatic carbocycles. The summed E-state index contributed by atoms with van der Waals surface area (Å²) in [5.41, 5.74) is -0.459. The fraction of sp³-hybridized carbons (Fsp3) is 0.462. The molecular weight excluding hydrogens is 256 g/mol. The van der Waals surface area contributed by atoms with Crippen molar-refractivity contribution in [2.45, 2.75) is 39.2 Å². The second-order valence-electron chi connectivity index (χ2n) is 4.62. The molecule has 0 aromatic heterocycles. The zero-order valence-corrected chi connectivity index (χ0v) is 11.5. The van der Waals surface area contributed by atoms with Gasteiger partial charge in [-0.3, -0.25) is 0 Å². The molecule has 0 aliphatic heterocycles. The Labute approximate surface area is 111 Å². The van der Waals surface area contributed by atoms with Crippen molar-refractivity contribution in [1.29, 1.82) is 0 Å². The fourth-order valence-corrected chi connectivity index (χ4v) is 1.71. The van der Waals surface area contributed by atoms with Gasteiger partial charge in [-0.05, 0) is 32.4 Å². The monoisotopic (exact) mass is 272 g/mol. The zero-order chi connectivity index (χ0) is 13.8. The largest absolute Gasteiger partial charge is 0.478 e. The van der Waals surface area contributed by atoms with Crippen LogP contribution >= 0.6 is 11.6 Å². The predicted molar refractivity (Wildman–Crippen MR) is 69.1 cm³/mol. The summed E-state index contributed by atoms with van der Waals surface area (Å²) in [6.45, 7) is 5.79. The van der Waals surface area contributed by atoms with E-state index in [-0.39, 0.29) is 11.3 Å². The minimum atomic E-state index is -1.08. The molecule has 0 heterocycles. The van der Waals surface area contributed by atoms with Gasteiger partial charge in [-0.15, -0.1) is 0 Å². The van der Waals surface area contributed by atoms with E-state index in [1.54, 1.807) is 0 Å². The van der Waals surface area contributed by atoms with Crippen LogP contribution in [-0.4, -0.2) is 16.7 Å². The number of benzene rings is 1. The molecule has 0 unspecified atom stereocenters. The van der Waals surface area contributed by atoms with Gasteiger partial charge in [0, 0.05) is 11.1 Å². The van der Waals surface area contributed by atoms with Crippen LogP contribution < -0.4 is 4.89 Å². The average molecular weight is 273 g/mol. The van der Waals surface area contributed by atoms with Crippen LogP contribution in [0.3, 0.4) is 0 Å². The molecule has 0 fully saturated rings. The molecular formula is C13H17ClO4. The lowest BCUT2D eigenvalue weighted by Crippen LogP contribution is -2.26. The van der Waals surface area contributed by atoms with Crippen LogP contribution in [0.4, 0.5) is 0 Å². The number of hydrogen-bond acceptors (Lipinski definition) is 3. The molecule has 0 saturated carbocycles. The van der Waals surface area contributed by atoms with Gasteiger partial charge >= 0.3 is 5.97 Å². The van der Waals surface area contributed by atoms with Crippen molar-refractivity contribution in [1.82, 2.24) is 0 Å². The second kappa shape index (κ2) is 6.07. The van der Waals surface area contributed by atoms with Gasteiger partial charge in [0.25, 0.3) is 0 Å². The molecule has 0 atom stereocenters. The lowest BCUT2D eigenvalue weighted by atomic mass is 10.0. The molecule has 0 amide bonds. The Balaban J connectivity index is 2.83. The standard InChI is InChI=1S/C13H17ClO4/c1-4-7-13(2,3)18-17-11-8-9(14)5-6-10(11)12(15)16/h5-6,8H,4,7H2,1-3H3,(H,15,16). The summed E-state index contributed by atoms with van der Waals surface area (Å²) in [5.74, 6) is -0.974. The second-order valence-corrected chi connectivity index (χ2v) is 5.06.